The van der Waals surface area contributed by atoms with Gasteiger partial charge in [0.1, 0.15) is 0 Å². The molecule has 3 rings (SSSR count). The second-order valence-corrected chi connectivity index (χ2v) is 4.61. The third kappa shape index (κ3) is 2.41. The van der Waals surface area contributed by atoms with Gasteiger partial charge in [-0.05, 0) is 22.9 Å². The van der Waals surface area contributed by atoms with Gasteiger partial charge in [-0.25, -0.2) is 0 Å². The van der Waals surface area contributed by atoms with Crippen molar-refractivity contribution in [2.45, 2.75) is 6.61 Å². The van der Waals surface area contributed by atoms with Crippen molar-refractivity contribution in [3.8, 4) is 17.1 Å². The number of hydrogen-bond acceptors (Lipinski definition) is 4. The van der Waals surface area contributed by atoms with Gasteiger partial charge in [0.15, 0.2) is 0 Å². The topological polar surface area (TPSA) is 63.8 Å². The average Bonchev–Trinajstić information content (AvgIpc) is 2.98. The van der Waals surface area contributed by atoms with Crippen LogP contribution < -0.4 is 0 Å². The molecule has 1 aromatic heterocycles. The summed E-state index contributed by atoms with van der Waals surface area (Å²) in [5, 5.41) is 21.9. The van der Waals surface area contributed by atoms with Crippen LogP contribution in [0.15, 0.2) is 48.5 Å². The van der Waals surface area contributed by atoms with Crippen molar-refractivity contribution in [1.82, 2.24) is 20.2 Å². The van der Waals surface area contributed by atoms with E-state index >= 15 is 0 Å². The van der Waals surface area contributed by atoms with E-state index in [1.54, 1.807) is 18.2 Å². The highest BCUT2D eigenvalue weighted by Gasteiger charge is 2.08. The molecule has 0 aliphatic rings. The van der Waals surface area contributed by atoms with Gasteiger partial charge < -0.3 is 5.11 Å². The number of halogens is 1. The van der Waals surface area contributed by atoms with Crippen LogP contribution >= 0.6 is 11.6 Å². The Hall–Kier alpha value is -2.24. The fraction of sp³-hybridized carbons (Fsp3) is 0.0714. The second-order valence-electron chi connectivity index (χ2n) is 4.20. The minimum Gasteiger partial charge on any atom is -0.392 e. The Kier molecular flexibility index (Phi) is 3.45. The molecule has 0 radical (unpaired) electrons. The van der Waals surface area contributed by atoms with Crippen molar-refractivity contribution in [2.75, 3.05) is 0 Å². The predicted octanol–water partition coefficient (Wildman–Crippen LogP) is 2.48. The maximum Gasteiger partial charge on any atom is 0.205 e. The fourth-order valence-electron chi connectivity index (χ4n) is 1.82. The third-order valence-electron chi connectivity index (χ3n) is 2.88. The van der Waals surface area contributed by atoms with Gasteiger partial charge in [0, 0.05) is 10.6 Å². The van der Waals surface area contributed by atoms with E-state index in [2.05, 4.69) is 15.4 Å². The van der Waals surface area contributed by atoms with Crippen molar-refractivity contribution in [2.24, 2.45) is 0 Å². The molecule has 1 heterocycles. The summed E-state index contributed by atoms with van der Waals surface area (Å²) in [7, 11) is 0. The SMILES string of the molecule is OCc1ccc(-n2nnc(-c3ccccc3)n2)cc1Cl. The lowest BCUT2D eigenvalue weighted by Gasteiger charge is -2.03. The number of aliphatic hydroxyl groups excluding tert-OH is 1. The van der Waals surface area contributed by atoms with Gasteiger partial charge in [-0.3, -0.25) is 0 Å². The summed E-state index contributed by atoms with van der Waals surface area (Å²) in [5.41, 5.74) is 2.26. The monoisotopic (exact) mass is 286 g/mol. The van der Waals surface area contributed by atoms with E-state index in [1.807, 2.05) is 30.3 Å². The van der Waals surface area contributed by atoms with Gasteiger partial charge in [0.05, 0.1) is 12.3 Å². The number of benzene rings is 2. The standard InChI is InChI=1S/C14H11ClN4O/c15-13-8-12(7-6-11(13)9-20)19-17-14(16-18-19)10-4-2-1-3-5-10/h1-8,20H,9H2. The molecule has 0 amide bonds. The van der Waals surface area contributed by atoms with Crippen LogP contribution in [-0.4, -0.2) is 25.3 Å². The molecular formula is C14H11ClN4O. The molecule has 0 aliphatic carbocycles. The maximum absolute atomic E-state index is 9.10. The van der Waals surface area contributed by atoms with Crippen LogP contribution in [0.4, 0.5) is 0 Å². The summed E-state index contributed by atoms with van der Waals surface area (Å²) in [5.74, 6) is 0.549. The Morgan fingerprint density at radius 3 is 2.60 bits per heavy atom. The summed E-state index contributed by atoms with van der Waals surface area (Å²) in [6.07, 6.45) is 0. The highest BCUT2D eigenvalue weighted by atomic mass is 35.5. The van der Waals surface area contributed by atoms with Crippen molar-refractivity contribution in [1.29, 1.82) is 0 Å². The molecular weight excluding hydrogens is 276 g/mol. The quantitative estimate of drug-likeness (QED) is 0.803. The van der Waals surface area contributed by atoms with E-state index < -0.39 is 0 Å². The molecule has 100 valence electrons. The molecule has 1 N–H and O–H groups in total. The number of hydrogen-bond donors (Lipinski definition) is 1. The highest BCUT2D eigenvalue weighted by Crippen LogP contribution is 2.20. The van der Waals surface area contributed by atoms with E-state index in [1.165, 1.54) is 4.80 Å². The number of aliphatic hydroxyl groups is 1. The lowest BCUT2D eigenvalue weighted by Crippen LogP contribution is -2.00. The molecule has 0 fully saturated rings. The lowest BCUT2D eigenvalue weighted by atomic mass is 10.2. The van der Waals surface area contributed by atoms with Gasteiger partial charge in [-0.2, -0.15) is 0 Å². The first-order chi connectivity index (χ1) is 9.78. The number of tetrazole rings is 1. The van der Waals surface area contributed by atoms with Crippen LogP contribution in [0.1, 0.15) is 5.56 Å². The molecule has 5 nitrogen and oxygen atoms in total. The normalized spacial score (nSPS) is 10.7. The zero-order chi connectivity index (χ0) is 13.9. The first kappa shape index (κ1) is 12.8. The Morgan fingerprint density at radius 1 is 1.10 bits per heavy atom. The first-order valence-corrected chi connectivity index (χ1v) is 6.41. The Bertz CT molecular complexity index is 727. The van der Waals surface area contributed by atoms with Crippen LogP contribution in [0.2, 0.25) is 5.02 Å². The summed E-state index contributed by atoms with van der Waals surface area (Å²) in [6, 6.07) is 14.8. The molecule has 0 saturated heterocycles. The van der Waals surface area contributed by atoms with E-state index in [4.69, 9.17) is 16.7 Å². The second kappa shape index (κ2) is 5.40. The number of aromatic nitrogens is 4. The molecule has 20 heavy (non-hydrogen) atoms. The average molecular weight is 287 g/mol. The molecule has 6 heteroatoms. The molecule has 0 unspecified atom stereocenters. The van der Waals surface area contributed by atoms with Crippen molar-refractivity contribution in [3.63, 3.8) is 0 Å². The largest absolute Gasteiger partial charge is 0.392 e. The fourth-order valence-corrected chi connectivity index (χ4v) is 2.05. The van der Waals surface area contributed by atoms with Gasteiger partial charge in [0.2, 0.25) is 5.82 Å². The Morgan fingerprint density at radius 2 is 1.90 bits per heavy atom. The van der Waals surface area contributed by atoms with Crippen molar-refractivity contribution >= 4 is 11.6 Å². The lowest BCUT2D eigenvalue weighted by molar-refractivity contribution is 0.282. The molecule has 0 spiro atoms. The van der Waals surface area contributed by atoms with Gasteiger partial charge in [-0.15, -0.1) is 15.0 Å². The van der Waals surface area contributed by atoms with Crippen molar-refractivity contribution in [3.05, 3.63) is 59.1 Å². The van der Waals surface area contributed by atoms with E-state index in [9.17, 15) is 0 Å². The highest BCUT2D eigenvalue weighted by molar-refractivity contribution is 6.31. The maximum atomic E-state index is 9.10. The zero-order valence-corrected chi connectivity index (χ0v) is 11.2. The predicted molar refractivity (Wildman–Crippen MR) is 75.5 cm³/mol. The number of nitrogens with zero attached hydrogens (tertiary/aromatic N) is 4. The first-order valence-electron chi connectivity index (χ1n) is 6.03. The molecule has 0 atom stereocenters. The summed E-state index contributed by atoms with van der Waals surface area (Å²) < 4.78 is 0. The summed E-state index contributed by atoms with van der Waals surface area (Å²) in [4.78, 5) is 1.41. The molecule has 0 bridgehead atoms. The van der Waals surface area contributed by atoms with Gasteiger partial charge in [0.25, 0.3) is 0 Å². The van der Waals surface area contributed by atoms with Crippen LogP contribution in [0.25, 0.3) is 17.1 Å². The van der Waals surface area contributed by atoms with Crippen LogP contribution in [0.3, 0.4) is 0 Å². The smallest absolute Gasteiger partial charge is 0.205 e. The minimum absolute atomic E-state index is 0.0981. The molecule has 0 saturated carbocycles. The third-order valence-corrected chi connectivity index (χ3v) is 3.24. The van der Waals surface area contributed by atoms with E-state index in [0.29, 0.717) is 22.1 Å². The van der Waals surface area contributed by atoms with E-state index in [0.717, 1.165) is 5.56 Å². The molecule has 3 aromatic rings. The Labute approximate surface area is 120 Å². The van der Waals surface area contributed by atoms with Crippen molar-refractivity contribution < 1.29 is 5.11 Å². The molecule has 2 aromatic carbocycles. The summed E-state index contributed by atoms with van der Waals surface area (Å²) in [6.45, 7) is -0.0981. The minimum atomic E-state index is -0.0981. The zero-order valence-electron chi connectivity index (χ0n) is 10.4. The molecule has 0 aliphatic heterocycles. The van der Waals surface area contributed by atoms with Crippen LogP contribution in [-0.2, 0) is 6.61 Å². The van der Waals surface area contributed by atoms with Crippen LogP contribution in [0, 0.1) is 0 Å². The van der Waals surface area contributed by atoms with Gasteiger partial charge in [-0.1, -0.05) is 48.0 Å². The number of rotatable bonds is 3. The van der Waals surface area contributed by atoms with Crippen LogP contribution in [0.5, 0.6) is 0 Å². The Balaban J connectivity index is 1.96. The summed E-state index contributed by atoms with van der Waals surface area (Å²) >= 11 is 6.05. The van der Waals surface area contributed by atoms with E-state index in [-0.39, 0.29) is 6.61 Å². The van der Waals surface area contributed by atoms with Gasteiger partial charge >= 0.3 is 0 Å².